The van der Waals surface area contributed by atoms with Crippen LogP contribution in [0.1, 0.15) is 85.0 Å². The lowest BCUT2D eigenvalue weighted by atomic mass is 9.82. The van der Waals surface area contributed by atoms with Crippen LogP contribution in [0.25, 0.3) is 0 Å². The highest BCUT2D eigenvalue weighted by Gasteiger charge is 2.43. The molecule has 0 radical (unpaired) electrons. The van der Waals surface area contributed by atoms with Crippen LogP contribution in [0.5, 0.6) is 0 Å². The third-order valence-corrected chi connectivity index (χ3v) is 5.68. The van der Waals surface area contributed by atoms with E-state index in [1.165, 1.54) is 38.5 Å². The maximum atomic E-state index is 12.8. The lowest BCUT2D eigenvalue weighted by Gasteiger charge is -2.35. The molecule has 1 aliphatic heterocycles. The van der Waals surface area contributed by atoms with Gasteiger partial charge in [0.1, 0.15) is 0 Å². The summed E-state index contributed by atoms with van der Waals surface area (Å²) in [5.74, 6) is 0.377. The van der Waals surface area contributed by atoms with Gasteiger partial charge in [0.2, 0.25) is 5.91 Å². The quantitative estimate of drug-likeness (QED) is 0.732. The van der Waals surface area contributed by atoms with Crippen LogP contribution in [0.4, 0.5) is 0 Å². The van der Waals surface area contributed by atoms with Crippen LogP contribution >= 0.6 is 0 Å². The van der Waals surface area contributed by atoms with E-state index in [4.69, 9.17) is 0 Å². The molecule has 2 aliphatic rings. The van der Waals surface area contributed by atoms with Crippen LogP contribution in [0.3, 0.4) is 0 Å². The van der Waals surface area contributed by atoms with Crippen molar-refractivity contribution in [1.29, 1.82) is 0 Å². The summed E-state index contributed by atoms with van der Waals surface area (Å²) in [6, 6.07) is 0.0804. The summed E-state index contributed by atoms with van der Waals surface area (Å²) in [6.45, 7) is 7.71. The standard InChI is InChI=1S/C18H34N2O/c1-4-7-11-15-17(21)20(16(19-15)10-5-2)14-18(6-3)12-8-9-13-18/h15-16,19H,4-14H2,1-3H3. The molecule has 1 heterocycles. The van der Waals surface area contributed by atoms with Crippen molar-refractivity contribution in [2.45, 2.75) is 97.2 Å². The number of nitrogens with zero attached hydrogens (tertiary/aromatic N) is 1. The van der Waals surface area contributed by atoms with Gasteiger partial charge in [-0.25, -0.2) is 0 Å². The van der Waals surface area contributed by atoms with Gasteiger partial charge >= 0.3 is 0 Å². The molecule has 21 heavy (non-hydrogen) atoms. The van der Waals surface area contributed by atoms with Gasteiger partial charge in [-0.05, 0) is 37.5 Å². The topological polar surface area (TPSA) is 32.3 Å². The SMILES string of the molecule is CCCCC1NC(CCC)N(CC2(CC)CCCC2)C1=O. The number of carbonyl (C=O) groups is 1. The van der Waals surface area contributed by atoms with Crippen molar-refractivity contribution in [3.05, 3.63) is 0 Å². The van der Waals surface area contributed by atoms with E-state index in [9.17, 15) is 4.79 Å². The van der Waals surface area contributed by atoms with Crippen LogP contribution in [0, 0.1) is 5.41 Å². The maximum absolute atomic E-state index is 12.8. The first kappa shape index (κ1) is 16.8. The smallest absolute Gasteiger partial charge is 0.241 e. The molecule has 2 rings (SSSR count). The number of carbonyl (C=O) groups excluding carboxylic acids is 1. The molecular formula is C18H34N2O. The van der Waals surface area contributed by atoms with Gasteiger partial charge in [0.25, 0.3) is 0 Å². The zero-order chi connectivity index (χ0) is 15.3. The van der Waals surface area contributed by atoms with E-state index in [0.717, 1.165) is 32.2 Å². The van der Waals surface area contributed by atoms with Gasteiger partial charge in [-0.15, -0.1) is 0 Å². The fourth-order valence-corrected chi connectivity index (χ4v) is 4.17. The molecule has 1 saturated heterocycles. The van der Waals surface area contributed by atoms with Crippen molar-refractivity contribution in [2.24, 2.45) is 5.41 Å². The van der Waals surface area contributed by atoms with E-state index in [1.807, 2.05) is 0 Å². The highest BCUT2D eigenvalue weighted by Crippen LogP contribution is 2.42. The summed E-state index contributed by atoms with van der Waals surface area (Å²) in [7, 11) is 0. The van der Waals surface area contributed by atoms with Gasteiger partial charge in [0, 0.05) is 6.54 Å². The molecule has 0 spiro atoms. The first-order chi connectivity index (χ1) is 10.2. The maximum Gasteiger partial charge on any atom is 0.241 e. The largest absolute Gasteiger partial charge is 0.325 e. The Balaban J connectivity index is 2.04. The molecule has 0 aromatic rings. The zero-order valence-corrected chi connectivity index (χ0v) is 14.3. The van der Waals surface area contributed by atoms with Crippen molar-refractivity contribution in [2.75, 3.05) is 6.54 Å². The molecule has 2 unspecified atom stereocenters. The van der Waals surface area contributed by atoms with Crippen LogP contribution < -0.4 is 5.32 Å². The van der Waals surface area contributed by atoms with E-state index in [0.29, 0.717) is 11.3 Å². The fourth-order valence-electron chi connectivity index (χ4n) is 4.17. The van der Waals surface area contributed by atoms with Crippen molar-refractivity contribution in [1.82, 2.24) is 10.2 Å². The summed E-state index contributed by atoms with van der Waals surface area (Å²) in [6.07, 6.45) is 12.4. The molecule has 3 heteroatoms. The first-order valence-corrected chi connectivity index (χ1v) is 9.22. The number of amides is 1. The molecule has 1 aliphatic carbocycles. The van der Waals surface area contributed by atoms with Gasteiger partial charge in [-0.3, -0.25) is 10.1 Å². The summed E-state index contributed by atoms with van der Waals surface area (Å²) < 4.78 is 0. The average Bonchev–Trinajstić information content (AvgIpc) is 3.06. The minimum Gasteiger partial charge on any atom is -0.325 e. The van der Waals surface area contributed by atoms with Crippen LogP contribution in [-0.4, -0.2) is 29.6 Å². The van der Waals surface area contributed by atoms with Gasteiger partial charge in [-0.1, -0.05) is 52.9 Å². The van der Waals surface area contributed by atoms with E-state index in [2.05, 4.69) is 31.0 Å². The molecular weight excluding hydrogens is 260 g/mol. The van der Waals surface area contributed by atoms with Crippen molar-refractivity contribution in [3.8, 4) is 0 Å². The second-order valence-corrected chi connectivity index (χ2v) is 7.19. The van der Waals surface area contributed by atoms with Crippen molar-refractivity contribution < 1.29 is 4.79 Å². The summed E-state index contributed by atoms with van der Waals surface area (Å²) in [5.41, 5.74) is 0.406. The summed E-state index contributed by atoms with van der Waals surface area (Å²) in [4.78, 5) is 15.0. The zero-order valence-electron chi connectivity index (χ0n) is 14.3. The van der Waals surface area contributed by atoms with Crippen LogP contribution in [0.15, 0.2) is 0 Å². The van der Waals surface area contributed by atoms with E-state index in [1.54, 1.807) is 0 Å². The van der Waals surface area contributed by atoms with E-state index in [-0.39, 0.29) is 12.2 Å². The van der Waals surface area contributed by atoms with E-state index >= 15 is 0 Å². The molecule has 0 aromatic heterocycles. The fraction of sp³-hybridized carbons (Fsp3) is 0.944. The predicted octanol–water partition coefficient (Wildman–Crippen LogP) is 4.07. The molecule has 2 atom stereocenters. The minimum absolute atomic E-state index is 0.0804. The second kappa shape index (κ2) is 7.62. The molecule has 3 nitrogen and oxygen atoms in total. The molecule has 1 amide bonds. The van der Waals surface area contributed by atoms with E-state index < -0.39 is 0 Å². The third kappa shape index (κ3) is 3.80. The summed E-state index contributed by atoms with van der Waals surface area (Å²) in [5, 5.41) is 3.62. The van der Waals surface area contributed by atoms with Crippen LogP contribution in [0.2, 0.25) is 0 Å². The Hall–Kier alpha value is -0.570. The summed E-state index contributed by atoms with van der Waals surface area (Å²) >= 11 is 0. The molecule has 1 saturated carbocycles. The Morgan fingerprint density at radius 2 is 1.86 bits per heavy atom. The molecule has 1 N–H and O–H groups in total. The number of unbranched alkanes of at least 4 members (excludes halogenated alkanes) is 1. The Morgan fingerprint density at radius 3 is 2.43 bits per heavy atom. The average molecular weight is 294 g/mol. The Labute approximate surface area is 130 Å². The Kier molecular flexibility index (Phi) is 6.09. The first-order valence-electron chi connectivity index (χ1n) is 9.22. The Morgan fingerprint density at radius 1 is 1.14 bits per heavy atom. The Bertz CT molecular complexity index is 336. The van der Waals surface area contributed by atoms with Gasteiger partial charge < -0.3 is 4.90 Å². The minimum atomic E-state index is 0.0804. The normalized spacial score (nSPS) is 28.5. The second-order valence-electron chi connectivity index (χ2n) is 7.19. The highest BCUT2D eigenvalue weighted by atomic mass is 16.2. The number of nitrogens with one attached hydrogen (secondary N) is 1. The number of hydrogen-bond acceptors (Lipinski definition) is 2. The molecule has 0 bridgehead atoms. The number of rotatable bonds is 8. The van der Waals surface area contributed by atoms with Gasteiger partial charge in [0.05, 0.1) is 12.2 Å². The monoisotopic (exact) mass is 294 g/mol. The third-order valence-electron chi connectivity index (χ3n) is 5.68. The van der Waals surface area contributed by atoms with Gasteiger partial charge in [0.15, 0.2) is 0 Å². The molecule has 122 valence electrons. The highest BCUT2D eigenvalue weighted by molar-refractivity contribution is 5.84. The molecule has 2 fully saturated rings. The van der Waals surface area contributed by atoms with Crippen molar-refractivity contribution >= 4 is 5.91 Å². The van der Waals surface area contributed by atoms with Gasteiger partial charge in [-0.2, -0.15) is 0 Å². The predicted molar refractivity (Wildman–Crippen MR) is 88.0 cm³/mol. The van der Waals surface area contributed by atoms with Crippen LogP contribution in [-0.2, 0) is 4.79 Å². The lowest BCUT2D eigenvalue weighted by molar-refractivity contribution is -0.131. The number of hydrogen-bond donors (Lipinski definition) is 1. The molecule has 0 aromatic carbocycles. The lowest BCUT2D eigenvalue weighted by Crippen LogP contribution is -2.43. The van der Waals surface area contributed by atoms with Crippen molar-refractivity contribution in [3.63, 3.8) is 0 Å².